The second kappa shape index (κ2) is 9.21. The minimum absolute atomic E-state index is 0.115. The SMILES string of the molecule is CCC(=O)c1c(-c2ccccc2)c2cc(Cl)ccc2c(=O)n1Cc1cccc(CC#N)c1. The average molecular weight is 441 g/mol. The Hall–Kier alpha value is -3.68. The summed E-state index contributed by atoms with van der Waals surface area (Å²) in [5.74, 6) is -0.115. The standard InChI is InChI=1S/C27H21ClN2O2/c1-2-24(31)26-25(20-9-4-3-5-10-20)23-16-21(28)11-12-22(23)27(32)30(26)17-19-8-6-7-18(15-19)13-14-29/h3-12,15-16H,2,13,17H2,1H3. The maximum absolute atomic E-state index is 13.6. The van der Waals surface area contributed by atoms with Crippen molar-refractivity contribution in [2.45, 2.75) is 26.3 Å². The van der Waals surface area contributed by atoms with Crippen LogP contribution in [0.3, 0.4) is 0 Å². The highest BCUT2D eigenvalue weighted by Crippen LogP contribution is 2.33. The van der Waals surface area contributed by atoms with Crippen molar-refractivity contribution < 1.29 is 4.79 Å². The van der Waals surface area contributed by atoms with Gasteiger partial charge in [0.25, 0.3) is 5.56 Å². The molecule has 3 aromatic carbocycles. The number of ketones is 1. The van der Waals surface area contributed by atoms with Crippen molar-refractivity contribution in [3.8, 4) is 17.2 Å². The van der Waals surface area contributed by atoms with Crippen LogP contribution in [0.5, 0.6) is 0 Å². The highest BCUT2D eigenvalue weighted by molar-refractivity contribution is 6.31. The van der Waals surface area contributed by atoms with E-state index in [9.17, 15) is 9.59 Å². The molecule has 0 amide bonds. The lowest BCUT2D eigenvalue weighted by atomic mass is 9.94. The van der Waals surface area contributed by atoms with E-state index in [0.29, 0.717) is 27.1 Å². The van der Waals surface area contributed by atoms with Gasteiger partial charge >= 0.3 is 0 Å². The Morgan fingerprint density at radius 2 is 1.72 bits per heavy atom. The number of nitrogens with zero attached hydrogens (tertiary/aromatic N) is 2. The first-order chi connectivity index (χ1) is 15.5. The molecule has 32 heavy (non-hydrogen) atoms. The Kier molecular flexibility index (Phi) is 6.20. The van der Waals surface area contributed by atoms with Gasteiger partial charge in [-0.05, 0) is 40.3 Å². The fourth-order valence-corrected chi connectivity index (χ4v) is 4.21. The highest BCUT2D eigenvalue weighted by Gasteiger charge is 2.22. The van der Waals surface area contributed by atoms with Crippen LogP contribution in [0, 0.1) is 11.3 Å². The maximum atomic E-state index is 13.6. The van der Waals surface area contributed by atoms with Crippen molar-refractivity contribution in [1.82, 2.24) is 4.57 Å². The molecule has 158 valence electrons. The summed E-state index contributed by atoms with van der Waals surface area (Å²) in [5.41, 5.74) is 3.43. The molecule has 5 heteroatoms. The van der Waals surface area contributed by atoms with Crippen LogP contribution in [0.25, 0.3) is 21.9 Å². The van der Waals surface area contributed by atoms with Gasteiger partial charge in [0.1, 0.15) is 0 Å². The quantitative estimate of drug-likeness (QED) is 0.344. The van der Waals surface area contributed by atoms with E-state index in [0.717, 1.165) is 16.7 Å². The number of pyridine rings is 1. The van der Waals surface area contributed by atoms with Crippen molar-refractivity contribution in [2.75, 3.05) is 0 Å². The molecule has 1 aromatic heterocycles. The molecule has 0 fully saturated rings. The van der Waals surface area contributed by atoms with Gasteiger partial charge in [0.15, 0.2) is 5.78 Å². The minimum atomic E-state index is -0.237. The Balaban J connectivity index is 2.07. The van der Waals surface area contributed by atoms with Gasteiger partial charge in [0.05, 0.1) is 24.7 Å². The van der Waals surface area contributed by atoms with Crippen molar-refractivity contribution in [2.24, 2.45) is 0 Å². The summed E-state index contributed by atoms with van der Waals surface area (Å²) in [6.45, 7) is 2.03. The predicted octanol–water partition coefficient (Wildman–Crippen LogP) is 6.03. The number of carbonyl (C=O) groups excluding carboxylic acids is 1. The second-order valence-electron chi connectivity index (χ2n) is 7.60. The van der Waals surface area contributed by atoms with E-state index in [1.54, 1.807) is 29.7 Å². The zero-order valence-corrected chi connectivity index (χ0v) is 18.4. The smallest absolute Gasteiger partial charge is 0.259 e. The molecular weight excluding hydrogens is 420 g/mol. The number of aromatic nitrogens is 1. The zero-order valence-electron chi connectivity index (χ0n) is 17.6. The third-order valence-electron chi connectivity index (χ3n) is 5.50. The summed E-state index contributed by atoms with van der Waals surface area (Å²) < 4.78 is 1.57. The third kappa shape index (κ3) is 4.08. The number of nitriles is 1. The largest absolute Gasteiger partial charge is 0.300 e. The summed E-state index contributed by atoms with van der Waals surface area (Å²) in [6, 6.07) is 24.5. The van der Waals surface area contributed by atoms with Crippen LogP contribution >= 0.6 is 11.6 Å². The Bertz CT molecular complexity index is 1420. The van der Waals surface area contributed by atoms with Gasteiger partial charge in [0.2, 0.25) is 0 Å². The van der Waals surface area contributed by atoms with E-state index in [4.69, 9.17) is 16.9 Å². The number of Topliss-reactive ketones (excluding diaryl/α,β-unsaturated/α-hetero) is 1. The van der Waals surface area contributed by atoms with E-state index < -0.39 is 0 Å². The number of hydrogen-bond donors (Lipinski definition) is 0. The van der Waals surface area contributed by atoms with Gasteiger partial charge in [-0.2, -0.15) is 5.26 Å². The first kappa shape index (κ1) is 21.5. The lowest BCUT2D eigenvalue weighted by Gasteiger charge is -2.19. The molecule has 0 N–H and O–H groups in total. The Morgan fingerprint density at radius 1 is 0.969 bits per heavy atom. The second-order valence-corrected chi connectivity index (χ2v) is 8.04. The van der Waals surface area contributed by atoms with E-state index in [1.165, 1.54) is 0 Å². The number of halogens is 1. The molecule has 4 nitrogen and oxygen atoms in total. The van der Waals surface area contributed by atoms with E-state index in [1.807, 2.05) is 54.6 Å². The van der Waals surface area contributed by atoms with Crippen LogP contribution in [0.2, 0.25) is 5.02 Å². The van der Waals surface area contributed by atoms with Crippen LogP contribution in [0.1, 0.15) is 35.0 Å². The van der Waals surface area contributed by atoms with Gasteiger partial charge in [-0.15, -0.1) is 0 Å². The summed E-state index contributed by atoms with van der Waals surface area (Å²) in [6.07, 6.45) is 0.550. The summed E-state index contributed by atoms with van der Waals surface area (Å²) in [5, 5.41) is 10.7. The molecule has 1 heterocycles. The van der Waals surface area contributed by atoms with E-state index in [-0.39, 0.29) is 30.7 Å². The van der Waals surface area contributed by atoms with Crippen LogP contribution in [0.15, 0.2) is 77.6 Å². The molecule has 0 aliphatic heterocycles. The van der Waals surface area contributed by atoms with Crippen LogP contribution in [0.4, 0.5) is 0 Å². The van der Waals surface area contributed by atoms with Crippen molar-refractivity contribution >= 4 is 28.2 Å². The fraction of sp³-hybridized carbons (Fsp3) is 0.148. The molecule has 4 rings (SSSR count). The summed E-state index contributed by atoms with van der Waals surface area (Å²) >= 11 is 6.29. The molecule has 4 aromatic rings. The molecule has 0 saturated heterocycles. The van der Waals surface area contributed by atoms with E-state index >= 15 is 0 Å². The molecule has 0 atom stereocenters. The summed E-state index contributed by atoms with van der Waals surface area (Å²) in [4.78, 5) is 26.8. The lowest BCUT2D eigenvalue weighted by Crippen LogP contribution is -2.28. The molecule has 0 aliphatic carbocycles. The fourth-order valence-electron chi connectivity index (χ4n) is 4.04. The van der Waals surface area contributed by atoms with E-state index in [2.05, 4.69) is 6.07 Å². The minimum Gasteiger partial charge on any atom is -0.300 e. The number of carbonyl (C=O) groups is 1. The first-order valence-electron chi connectivity index (χ1n) is 10.4. The normalized spacial score (nSPS) is 10.8. The number of benzene rings is 3. The predicted molar refractivity (Wildman–Crippen MR) is 128 cm³/mol. The van der Waals surface area contributed by atoms with Crippen molar-refractivity contribution in [3.63, 3.8) is 0 Å². The molecule has 0 spiro atoms. The van der Waals surface area contributed by atoms with Gasteiger partial charge < -0.3 is 0 Å². The van der Waals surface area contributed by atoms with Crippen LogP contribution in [-0.4, -0.2) is 10.4 Å². The van der Waals surface area contributed by atoms with Gasteiger partial charge in [-0.3, -0.25) is 14.2 Å². The summed E-state index contributed by atoms with van der Waals surface area (Å²) in [7, 11) is 0. The lowest BCUT2D eigenvalue weighted by molar-refractivity contribution is 0.0979. The van der Waals surface area contributed by atoms with Crippen LogP contribution < -0.4 is 5.56 Å². The molecule has 0 radical (unpaired) electrons. The topological polar surface area (TPSA) is 62.9 Å². The molecule has 0 saturated carbocycles. The van der Waals surface area contributed by atoms with Gasteiger partial charge in [-0.1, -0.05) is 73.1 Å². The Labute approximate surface area is 191 Å². The van der Waals surface area contributed by atoms with Gasteiger partial charge in [0, 0.05) is 22.4 Å². The monoisotopic (exact) mass is 440 g/mol. The average Bonchev–Trinajstić information content (AvgIpc) is 2.81. The molecule has 0 bridgehead atoms. The zero-order chi connectivity index (χ0) is 22.7. The van der Waals surface area contributed by atoms with Crippen molar-refractivity contribution in [1.29, 1.82) is 5.26 Å². The van der Waals surface area contributed by atoms with Crippen molar-refractivity contribution in [3.05, 3.63) is 105 Å². The third-order valence-corrected chi connectivity index (χ3v) is 5.73. The van der Waals surface area contributed by atoms with Crippen LogP contribution in [-0.2, 0) is 13.0 Å². The number of rotatable bonds is 6. The first-order valence-corrected chi connectivity index (χ1v) is 10.8. The molecule has 0 unspecified atom stereocenters. The van der Waals surface area contributed by atoms with Gasteiger partial charge in [-0.25, -0.2) is 0 Å². The maximum Gasteiger partial charge on any atom is 0.259 e. The highest BCUT2D eigenvalue weighted by atomic mass is 35.5. The Morgan fingerprint density at radius 3 is 2.44 bits per heavy atom. The molecular formula is C27H21ClN2O2. The molecule has 0 aliphatic rings. The number of hydrogen-bond acceptors (Lipinski definition) is 3. The number of fused-ring (bicyclic) bond motifs is 1.